The van der Waals surface area contributed by atoms with Crippen LogP contribution in [0.25, 0.3) is 0 Å². The molecule has 0 aliphatic rings. The van der Waals surface area contributed by atoms with Crippen molar-refractivity contribution in [3.63, 3.8) is 0 Å². The van der Waals surface area contributed by atoms with Gasteiger partial charge in [0.1, 0.15) is 25.4 Å². The van der Waals surface area contributed by atoms with Crippen LogP contribution < -0.4 is 0 Å². The van der Waals surface area contributed by atoms with Gasteiger partial charge >= 0.3 is 23.9 Å². The van der Waals surface area contributed by atoms with E-state index >= 15 is 0 Å². The third kappa shape index (κ3) is 24.5. The topological polar surface area (TPSA) is 164 Å². The first-order valence-corrected chi connectivity index (χ1v) is 8.98. The second-order valence-corrected chi connectivity index (χ2v) is 5.78. The molecule has 0 aromatic carbocycles. The molecule has 0 spiro atoms. The van der Waals surface area contributed by atoms with E-state index in [4.69, 9.17) is 38.6 Å². The van der Waals surface area contributed by atoms with Crippen molar-refractivity contribution >= 4 is 23.9 Å². The molecule has 13 heteroatoms. The molecule has 0 bridgehead atoms. The van der Waals surface area contributed by atoms with Crippen LogP contribution in [0.15, 0.2) is 0 Å². The fourth-order valence-corrected chi connectivity index (χ4v) is 1.67. The van der Waals surface area contributed by atoms with Gasteiger partial charge in [-0.05, 0) is 0 Å². The minimum absolute atomic E-state index is 0. The summed E-state index contributed by atoms with van der Waals surface area (Å²) in [6.07, 6.45) is -1.33. The minimum atomic E-state index is -1.02. The Bertz CT molecular complexity index is 456. The maximum atomic E-state index is 11.0. The molecule has 0 aliphatic heterocycles. The summed E-state index contributed by atoms with van der Waals surface area (Å²) in [6, 6.07) is 0. The summed E-state index contributed by atoms with van der Waals surface area (Å²) in [5.41, 5.74) is 0. The summed E-state index contributed by atoms with van der Waals surface area (Å²) in [6.45, 7) is 0.789. The number of aliphatic carboxylic acids is 2. The summed E-state index contributed by atoms with van der Waals surface area (Å²) in [5.74, 6) is -3.13. The number of carbonyl (C=O) groups excluding carboxylic acids is 2. The zero-order valence-electron chi connectivity index (χ0n) is 18.5. The number of carbonyl (C=O) groups is 4. The van der Waals surface area contributed by atoms with Crippen LogP contribution in [-0.2, 0) is 67.1 Å². The summed E-state index contributed by atoms with van der Waals surface area (Å²) in [4.78, 5) is 42.3. The van der Waals surface area contributed by atoms with Crippen LogP contribution in [0.3, 0.4) is 0 Å². The SMILES string of the molecule is COCC(COC(=O)CCC(=O)O)OC.COCC(COC(=O)CCC(=O)O)OC.[Zn]. The van der Waals surface area contributed by atoms with Crippen LogP contribution in [0, 0.1) is 0 Å². The number of rotatable bonds is 16. The number of ether oxygens (including phenoxy) is 6. The summed E-state index contributed by atoms with van der Waals surface area (Å²) >= 11 is 0. The predicted molar refractivity (Wildman–Crippen MR) is 101 cm³/mol. The maximum Gasteiger partial charge on any atom is 0.306 e. The van der Waals surface area contributed by atoms with Crippen LogP contribution in [0.5, 0.6) is 0 Å². The normalized spacial score (nSPS) is 11.7. The molecule has 0 aromatic heterocycles. The molecule has 0 aliphatic carbocycles. The van der Waals surface area contributed by atoms with Crippen molar-refractivity contribution in [1.29, 1.82) is 0 Å². The van der Waals surface area contributed by atoms with E-state index in [9.17, 15) is 19.2 Å². The average Bonchev–Trinajstić information content (AvgIpc) is 2.71. The van der Waals surface area contributed by atoms with E-state index in [1.807, 2.05) is 0 Å². The van der Waals surface area contributed by atoms with Crippen molar-refractivity contribution in [3.05, 3.63) is 0 Å². The van der Waals surface area contributed by atoms with Gasteiger partial charge in [-0.2, -0.15) is 0 Å². The molecular formula is C18H32O12Zn. The number of carboxylic acids is 2. The summed E-state index contributed by atoms with van der Waals surface area (Å²) in [5, 5.41) is 16.6. The van der Waals surface area contributed by atoms with Crippen LogP contribution >= 0.6 is 0 Å². The molecule has 0 amide bonds. The monoisotopic (exact) mass is 504 g/mol. The third-order valence-corrected chi connectivity index (χ3v) is 3.32. The molecule has 12 nitrogen and oxygen atoms in total. The molecule has 2 N–H and O–H groups in total. The van der Waals surface area contributed by atoms with Crippen LogP contribution in [0.4, 0.5) is 0 Å². The molecule has 2 atom stereocenters. The number of hydrogen-bond acceptors (Lipinski definition) is 10. The average molecular weight is 506 g/mol. The Hall–Kier alpha value is -1.66. The van der Waals surface area contributed by atoms with Crippen molar-refractivity contribution < 1.29 is 77.3 Å². The maximum absolute atomic E-state index is 11.0. The molecule has 0 heterocycles. The van der Waals surface area contributed by atoms with E-state index in [1.165, 1.54) is 28.4 Å². The van der Waals surface area contributed by atoms with E-state index in [0.717, 1.165) is 0 Å². The number of hydrogen-bond donors (Lipinski definition) is 2. The van der Waals surface area contributed by atoms with E-state index in [-0.39, 0.29) is 70.6 Å². The summed E-state index contributed by atoms with van der Waals surface area (Å²) in [7, 11) is 5.99. The molecular weight excluding hydrogens is 474 g/mol. The zero-order valence-corrected chi connectivity index (χ0v) is 21.5. The smallest absolute Gasteiger partial charge is 0.306 e. The van der Waals surface area contributed by atoms with Crippen molar-refractivity contribution in [2.75, 3.05) is 54.9 Å². The van der Waals surface area contributed by atoms with Crippen molar-refractivity contribution in [1.82, 2.24) is 0 Å². The van der Waals surface area contributed by atoms with Crippen LogP contribution in [-0.4, -0.2) is 101 Å². The molecule has 31 heavy (non-hydrogen) atoms. The van der Waals surface area contributed by atoms with Crippen LogP contribution in [0.1, 0.15) is 25.7 Å². The number of methoxy groups -OCH3 is 4. The van der Waals surface area contributed by atoms with E-state index in [1.54, 1.807) is 0 Å². The van der Waals surface area contributed by atoms with Crippen molar-refractivity contribution in [2.24, 2.45) is 0 Å². The van der Waals surface area contributed by atoms with Gasteiger partial charge in [0.25, 0.3) is 0 Å². The first-order valence-electron chi connectivity index (χ1n) is 8.98. The van der Waals surface area contributed by atoms with Crippen LogP contribution in [0.2, 0.25) is 0 Å². The first-order chi connectivity index (χ1) is 14.2. The molecule has 2 unspecified atom stereocenters. The standard InChI is InChI=1S/2C9H16O6.Zn/c2*1-13-5-7(14-2)6-15-9(12)4-3-8(10)11;/h2*7H,3-6H2,1-2H3,(H,10,11);. The van der Waals surface area contributed by atoms with Gasteiger partial charge in [0.15, 0.2) is 0 Å². The number of esters is 2. The van der Waals surface area contributed by atoms with Crippen molar-refractivity contribution in [3.8, 4) is 0 Å². The molecule has 0 rings (SSSR count). The molecule has 0 fully saturated rings. The Morgan fingerprint density at radius 1 is 0.613 bits per heavy atom. The Labute approximate surface area is 194 Å². The molecule has 0 saturated carbocycles. The Balaban J connectivity index is -0.000000490. The summed E-state index contributed by atoms with van der Waals surface area (Å²) < 4.78 is 29.1. The van der Waals surface area contributed by atoms with E-state index < -0.39 is 23.9 Å². The van der Waals surface area contributed by atoms with Gasteiger partial charge in [-0.3, -0.25) is 19.2 Å². The second kappa shape index (κ2) is 23.0. The van der Waals surface area contributed by atoms with E-state index in [0.29, 0.717) is 13.2 Å². The number of carboxylic acid groups (broad SMARTS) is 2. The minimum Gasteiger partial charge on any atom is -0.481 e. The molecule has 0 saturated heterocycles. The molecule has 178 valence electrons. The Morgan fingerprint density at radius 2 is 0.935 bits per heavy atom. The van der Waals surface area contributed by atoms with Gasteiger partial charge in [-0.25, -0.2) is 0 Å². The zero-order chi connectivity index (χ0) is 23.4. The Kier molecular flexibility index (Phi) is 25.2. The van der Waals surface area contributed by atoms with Gasteiger partial charge in [-0.1, -0.05) is 0 Å². The fraction of sp³-hybridized carbons (Fsp3) is 0.778. The van der Waals surface area contributed by atoms with Gasteiger partial charge in [0, 0.05) is 47.9 Å². The quantitative estimate of drug-likeness (QED) is 0.215. The Morgan fingerprint density at radius 3 is 1.16 bits per heavy atom. The largest absolute Gasteiger partial charge is 0.481 e. The van der Waals surface area contributed by atoms with E-state index in [2.05, 4.69) is 0 Å². The first kappa shape index (κ1) is 34.0. The molecule has 0 radical (unpaired) electrons. The second-order valence-electron chi connectivity index (χ2n) is 5.78. The predicted octanol–water partition coefficient (Wildman–Crippen LogP) is 0.109. The molecule has 0 aromatic rings. The van der Waals surface area contributed by atoms with Gasteiger partial charge in [-0.15, -0.1) is 0 Å². The third-order valence-electron chi connectivity index (χ3n) is 3.32. The van der Waals surface area contributed by atoms with Crippen molar-refractivity contribution in [2.45, 2.75) is 37.9 Å². The fourth-order valence-electron chi connectivity index (χ4n) is 1.67. The van der Waals surface area contributed by atoms with Gasteiger partial charge < -0.3 is 38.6 Å². The van der Waals surface area contributed by atoms with Gasteiger partial charge in [0.05, 0.1) is 38.9 Å². The van der Waals surface area contributed by atoms with Gasteiger partial charge in [0.2, 0.25) is 0 Å².